The molecule has 1 aromatic rings. The second-order valence-electron chi connectivity index (χ2n) is 8.85. The molecule has 0 saturated carbocycles. The fourth-order valence-corrected chi connectivity index (χ4v) is 4.88. The van der Waals surface area contributed by atoms with Gasteiger partial charge in [-0.15, -0.1) is 0 Å². The largest absolute Gasteiger partial charge is 0.487 e. The van der Waals surface area contributed by atoms with Crippen LogP contribution in [0.15, 0.2) is 12.1 Å². The molecule has 1 N–H and O–H groups in total. The fourth-order valence-electron chi connectivity index (χ4n) is 4.88. The summed E-state index contributed by atoms with van der Waals surface area (Å²) in [5, 5.41) is 3.18. The van der Waals surface area contributed by atoms with Gasteiger partial charge < -0.3 is 15.0 Å². The van der Waals surface area contributed by atoms with Gasteiger partial charge in [-0.05, 0) is 77.1 Å². The van der Waals surface area contributed by atoms with Crippen molar-refractivity contribution >= 4 is 5.91 Å². The Bertz CT molecular complexity index is 704. The second-order valence-corrected chi connectivity index (χ2v) is 8.85. The number of piperidine rings is 2. The van der Waals surface area contributed by atoms with Gasteiger partial charge in [-0.1, -0.05) is 6.42 Å². The van der Waals surface area contributed by atoms with Gasteiger partial charge in [0.25, 0.3) is 5.91 Å². The quantitative estimate of drug-likeness (QED) is 0.875. The molecule has 3 aliphatic rings. The Labute approximate surface area is 155 Å². The van der Waals surface area contributed by atoms with E-state index >= 15 is 0 Å². The third-order valence-corrected chi connectivity index (χ3v) is 6.43. The molecule has 2 unspecified atom stereocenters. The van der Waals surface area contributed by atoms with E-state index in [0.717, 1.165) is 31.2 Å². The number of nitrogens with zero attached hydrogens (tertiary/aromatic N) is 1. The van der Waals surface area contributed by atoms with E-state index < -0.39 is 0 Å². The van der Waals surface area contributed by atoms with E-state index in [4.69, 9.17) is 4.74 Å². The molecule has 3 heterocycles. The summed E-state index contributed by atoms with van der Waals surface area (Å²) in [5.74, 6) is -0.00296. The van der Waals surface area contributed by atoms with Crippen molar-refractivity contribution in [2.75, 3.05) is 7.05 Å². The lowest BCUT2D eigenvalue weighted by molar-refractivity contribution is 0.0458. The van der Waals surface area contributed by atoms with Crippen molar-refractivity contribution in [2.45, 2.75) is 82.5 Å². The molecule has 0 aliphatic carbocycles. The summed E-state index contributed by atoms with van der Waals surface area (Å²) < 4.78 is 20.2. The molecule has 5 heteroatoms. The van der Waals surface area contributed by atoms with E-state index in [1.165, 1.54) is 31.4 Å². The van der Waals surface area contributed by atoms with Crippen molar-refractivity contribution in [3.8, 4) is 5.75 Å². The van der Waals surface area contributed by atoms with E-state index in [9.17, 15) is 9.18 Å². The molecule has 0 radical (unpaired) electrons. The maximum Gasteiger partial charge on any atom is 0.255 e. The molecule has 0 spiro atoms. The van der Waals surface area contributed by atoms with Gasteiger partial charge in [0.1, 0.15) is 17.2 Å². The Kier molecular flexibility index (Phi) is 4.46. The standard InChI is InChI=1S/C21H29FN2O2/c1-21(2)8-7-13-9-14(22)10-18(19(13)26-21)20(25)23-15-11-16-5-4-6-17(12-15)24(16)3/h9-10,15-17H,4-8,11-12H2,1-3H3,(H,23,25). The highest BCUT2D eigenvalue weighted by Crippen LogP contribution is 2.37. The number of aryl methyl sites for hydroxylation is 1. The van der Waals surface area contributed by atoms with Crippen LogP contribution < -0.4 is 10.1 Å². The number of rotatable bonds is 2. The monoisotopic (exact) mass is 360 g/mol. The van der Waals surface area contributed by atoms with Crippen LogP contribution in [-0.4, -0.2) is 41.6 Å². The summed E-state index contributed by atoms with van der Waals surface area (Å²) in [6, 6.07) is 4.07. The van der Waals surface area contributed by atoms with Gasteiger partial charge in [0.2, 0.25) is 0 Å². The highest BCUT2D eigenvalue weighted by Gasteiger charge is 2.37. The molecule has 4 rings (SSSR count). The molecular weight excluding hydrogens is 331 g/mol. The number of nitrogens with one attached hydrogen (secondary N) is 1. The van der Waals surface area contributed by atoms with E-state index in [-0.39, 0.29) is 23.4 Å². The molecule has 26 heavy (non-hydrogen) atoms. The lowest BCUT2D eigenvalue weighted by atomic mass is 9.82. The van der Waals surface area contributed by atoms with Crippen LogP contribution in [0.25, 0.3) is 0 Å². The molecule has 1 aromatic carbocycles. The maximum atomic E-state index is 14.1. The van der Waals surface area contributed by atoms with Crippen molar-refractivity contribution in [3.05, 3.63) is 29.1 Å². The lowest BCUT2D eigenvalue weighted by Crippen LogP contribution is -2.55. The summed E-state index contributed by atoms with van der Waals surface area (Å²) >= 11 is 0. The van der Waals surface area contributed by atoms with E-state index in [0.29, 0.717) is 23.4 Å². The first-order chi connectivity index (χ1) is 12.3. The minimum absolute atomic E-state index is 0.157. The fraction of sp³-hybridized carbons (Fsp3) is 0.667. The Morgan fingerprint density at radius 3 is 2.65 bits per heavy atom. The third kappa shape index (κ3) is 3.34. The zero-order valence-electron chi connectivity index (χ0n) is 16.0. The summed E-state index contributed by atoms with van der Waals surface area (Å²) in [5.41, 5.74) is 0.816. The van der Waals surface area contributed by atoms with Crippen molar-refractivity contribution in [3.63, 3.8) is 0 Å². The van der Waals surface area contributed by atoms with Crippen LogP contribution in [0.1, 0.15) is 68.3 Å². The van der Waals surface area contributed by atoms with Gasteiger partial charge in [0.15, 0.2) is 0 Å². The van der Waals surface area contributed by atoms with Gasteiger partial charge in [-0.25, -0.2) is 4.39 Å². The number of benzene rings is 1. The van der Waals surface area contributed by atoms with Crippen molar-refractivity contribution in [1.82, 2.24) is 10.2 Å². The highest BCUT2D eigenvalue weighted by molar-refractivity contribution is 5.97. The normalized spacial score (nSPS) is 30.2. The first-order valence-electron chi connectivity index (χ1n) is 9.86. The SMILES string of the molecule is CN1C2CCCC1CC(NC(=O)c1cc(F)cc3c1OC(C)(C)CC3)C2. The molecule has 4 nitrogen and oxygen atoms in total. The topological polar surface area (TPSA) is 41.6 Å². The summed E-state index contributed by atoms with van der Waals surface area (Å²) in [6.45, 7) is 4.03. The number of fused-ring (bicyclic) bond motifs is 3. The van der Waals surface area contributed by atoms with Crippen molar-refractivity contribution < 1.29 is 13.9 Å². The first kappa shape index (κ1) is 17.8. The van der Waals surface area contributed by atoms with Gasteiger partial charge in [-0.3, -0.25) is 4.79 Å². The molecule has 2 atom stereocenters. The molecule has 2 fully saturated rings. The number of ether oxygens (including phenoxy) is 1. The predicted octanol–water partition coefficient (Wildman–Crippen LogP) is 3.67. The number of hydrogen-bond acceptors (Lipinski definition) is 3. The van der Waals surface area contributed by atoms with Crippen LogP contribution in [-0.2, 0) is 6.42 Å². The molecule has 1 amide bonds. The van der Waals surface area contributed by atoms with Gasteiger partial charge in [0.05, 0.1) is 5.56 Å². The van der Waals surface area contributed by atoms with Crippen molar-refractivity contribution in [1.29, 1.82) is 0 Å². The zero-order valence-corrected chi connectivity index (χ0v) is 16.0. The Morgan fingerprint density at radius 2 is 1.96 bits per heavy atom. The van der Waals surface area contributed by atoms with Crippen LogP contribution in [0.4, 0.5) is 4.39 Å². The number of amides is 1. The molecule has 0 aromatic heterocycles. The second kappa shape index (κ2) is 6.52. The third-order valence-electron chi connectivity index (χ3n) is 6.43. The van der Waals surface area contributed by atoms with Gasteiger partial charge in [0, 0.05) is 18.1 Å². The molecule has 2 bridgehead atoms. The zero-order chi connectivity index (χ0) is 18.5. The predicted molar refractivity (Wildman–Crippen MR) is 99.1 cm³/mol. The number of halogens is 1. The van der Waals surface area contributed by atoms with E-state index in [1.807, 2.05) is 13.8 Å². The van der Waals surface area contributed by atoms with Crippen LogP contribution in [0.5, 0.6) is 5.75 Å². The summed E-state index contributed by atoms with van der Waals surface area (Å²) in [7, 11) is 2.20. The molecular formula is C21H29FN2O2. The number of carbonyl (C=O) groups excluding carboxylic acids is 1. The highest BCUT2D eigenvalue weighted by atomic mass is 19.1. The minimum atomic E-state index is -0.363. The summed E-state index contributed by atoms with van der Waals surface area (Å²) in [6.07, 6.45) is 7.19. The lowest BCUT2D eigenvalue weighted by Gasteiger charge is -2.47. The van der Waals surface area contributed by atoms with Crippen molar-refractivity contribution in [2.24, 2.45) is 0 Å². The van der Waals surface area contributed by atoms with Crippen LogP contribution in [0, 0.1) is 5.82 Å². The van der Waals surface area contributed by atoms with E-state index in [2.05, 4.69) is 17.3 Å². The number of hydrogen-bond donors (Lipinski definition) is 1. The van der Waals surface area contributed by atoms with Crippen LogP contribution in [0.2, 0.25) is 0 Å². The Balaban J connectivity index is 1.55. The molecule has 3 aliphatic heterocycles. The summed E-state index contributed by atoms with van der Waals surface area (Å²) in [4.78, 5) is 15.5. The van der Waals surface area contributed by atoms with Crippen LogP contribution >= 0.6 is 0 Å². The smallest absolute Gasteiger partial charge is 0.255 e. The van der Waals surface area contributed by atoms with E-state index in [1.54, 1.807) is 0 Å². The first-order valence-corrected chi connectivity index (χ1v) is 9.86. The minimum Gasteiger partial charge on any atom is -0.487 e. The number of carbonyl (C=O) groups is 1. The average molecular weight is 360 g/mol. The average Bonchev–Trinajstić information content (AvgIpc) is 2.55. The van der Waals surface area contributed by atoms with Gasteiger partial charge in [-0.2, -0.15) is 0 Å². The molecule has 2 saturated heterocycles. The van der Waals surface area contributed by atoms with Crippen LogP contribution in [0.3, 0.4) is 0 Å². The molecule has 142 valence electrons. The Morgan fingerprint density at radius 1 is 1.27 bits per heavy atom. The Hall–Kier alpha value is -1.62. The maximum absolute atomic E-state index is 14.1. The van der Waals surface area contributed by atoms with Gasteiger partial charge >= 0.3 is 0 Å².